The van der Waals surface area contributed by atoms with Crippen molar-refractivity contribution in [3.05, 3.63) is 39.7 Å². The van der Waals surface area contributed by atoms with Crippen LogP contribution >= 0.6 is 11.3 Å². The molecule has 5 nitrogen and oxygen atoms in total. The first-order valence-electron chi connectivity index (χ1n) is 6.46. The van der Waals surface area contributed by atoms with Crippen LogP contribution in [-0.2, 0) is 6.42 Å². The number of nitrogens with two attached hydrogens (primary N) is 2. The maximum atomic E-state index is 11.4. The number of anilines is 2. The van der Waals surface area contributed by atoms with E-state index in [0.717, 1.165) is 18.8 Å². The van der Waals surface area contributed by atoms with E-state index < -0.39 is 5.91 Å². The van der Waals surface area contributed by atoms with Crippen molar-refractivity contribution >= 4 is 28.7 Å². The van der Waals surface area contributed by atoms with Crippen LogP contribution in [-0.4, -0.2) is 17.4 Å². The van der Waals surface area contributed by atoms with Gasteiger partial charge in [0.2, 0.25) is 0 Å². The molecule has 0 spiro atoms. The molecule has 1 amide bonds. The third-order valence-corrected chi connectivity index (χ3v) is 4.75. The van der Waals surface area contributed by atoms with Crippen LogP contribution in [0.3, 0.4) is 0 Å². The quantitative estimate of drug-likeness (QED) is 0.884. The zero-order valence-electron chi connectivity index (χ0n) is 11.2. The molecular formula is C14H16N4OS. The average molecular weight is 288 g/mol. The Morgan fingerprint density at radius 2 is 2.35 bits per heavy atom. The molecule has 0 saturated carbocycles. The Morgan fingerprint density at radius 1 is 1.55 bits per heavy atom. The van der Waals surface area contributed by atoms with E-state index in [1.807, 2.05) is 0 Å². The molecule has 1 atom stereocenters. The molecule has 0 radical (unpaired) electrons. The molecule has 104 valence electrons. The van der Waals surface area contributed by atoms with Crippen molar-refractivity contribution in [2.45, 2.75) is 19.4 Å². The highest BCUT2D eigenvalue weighted by Gasteiger charge is 2.26. The van der Waals surface area contributed by atoms with Gasteiger partial charge in [-0.3, -0.25) is 4.79 Å². The summed E-state index contributed by atoms with van der Waals surface area (Å²) < 4.78 is 0. The number of aromatic nitrogens is 1. The van der Waals surface area contributed by atoms with Crippen molar-refractivity contribution in [3.8, 4) is 0 Å². The smallest absolute Gasteiger partial charge is 0.250 e. The highest BCUT2D eigenvalue weighted by Crippen LogP contribution is 2.35. The number of rotatable bonds is 2. The predicted octanol–water partition coefficient (Wildman–Crippen LogP) is 1.95. The molecule has 0 fully saturated rings. The number of hydrogen-bond acceptors (Lipinski definition) is 5. The van der Waals surface area contributed by atoms with Crippen molar-refractivity contribution in [2.75, 3.05) is 17.2 Å². The number of carbonyl (C=O) groups is 1. The van der Waals surface area contributed by atoms with Crippen LogP contribution in [0.4, 0.5) is 11.5 Å². The van der Waals surface area contributed by atoms with Crippen LogP contribution in [0.1, 0.15) is 33.8 Å². The normalized spacial score (nSPS) is 17.9. The van der Waals surface area contributed by atoms with Gasteiger partial charge in [-0.15, -0.1) is 11.3 Å². The van der Waals surface area contributed by atoms with E-state index in [1.54, 1.807) is 17.4 Å². The highest BCUT2D eigenvalue weighted by atomic mass is 32.1. The van der Waals surface area contributed by atoms with Gasteiger partial charge in [-0.1, -0.05) is 0 Å². The molecule has 0 saturated heterocycles. The molecule has 0 bridgehead atoms. The standard InChI is InChI=1S/C14H16N4OS/c1-8-9-3-5-20-12(9)2-4-18(8)13-6-10(14(16)19)11(15)7-17-13/h3,5-8H,2,4,15H2,1H3,(H2,16,19). The summed E-state index contributed by atoms with van der Waals surface area (Å²) in [4.78, 5) is 19.4. The van der Waals surface area contributed by atoms with E-state index in [1.165, 1.54) is 16.6 Å². The second-order valence-corrected chi connectivity index (χ2v) is 5.91. The molecular weight excluding hydrogens is 272 g/mol. The summed E-state index contributed by atoms with van der Waals surface area (Å²) in [7, 11) is 0. The largest absolute Gasteiger partial charge is 0.397 e. The summed E-state index contributed by atoms with van der Waals surface area (Å²) >= 11 is 1.80. The van der Waals surface area contributed by atoms with E-state index in [4.69, 9.17) is 11.5 Å². The first-order valence-corrected chi connectivity index (χ1v) is 7.34. The highest BCUT2D eigenvalue weighted by molar-refractivity contribution is 7.10. The van der Waals surface area contributed by atoms with Crippen LogP contribution in [0.25, 0.3) is 0 Å². The van der Waals surface area contributed by atoms with Gasteiger partial charge in [-0.2, -0.15) is 0 Å². The zero-order valence-corrected chi connectivity index (χ0v) is 12.0. The van der Waals surface area contributed by atoms with Gasteiger partial charge in [-0.25, -0.2) is 4.98 Å². The van der Waals surface area contributed by atoms with Gasteiger partial charge in [0.05, 0.1) is 23.5 Å². The van der Waals surface area contributed by atoms with Gasteiger partial charge >= 0.3 is 0 Å². The second kappa shape index (κ2) is 4.79. The van der Waals surface area contributed by atoms with E-state index in [-0.39, 0.29) is 6.04 Å². The van der Waals surface area contributed by atoms with Crippen molar-refractivity contribution < 1.29 is 4.79 Å². The molecule has 4 N–H and O–H groups in total. The van der Waals surface area contributed by atoms with Gasteiger partial charge in [0.25, 0.3) is 5.91 Å². The van der Waals surface area contributed by atoms with E-state index >= 15 is 0 Å². The first-order chi connectivity index (χ1) is 9.58. The van der Waals surface area contributed by atoms with Gasteiger partial charge in [0.15, 0.2) is 0 Å². The average Bonchev–Trinajstić information content (AvgIpc) is 2.89. The Bertz CT molecular complexity index is 667. The van der Waals surface area contributed by atoms with Crippen LogP contribution in [0.15, 0.2) is 23.7 Å². The van der Waals surface area contributed by atoms with Crippen molar-refractivity contribution in [2.24, 2.45) is 5.73 Å². The summed E-state index contributed by atoms with van der Waals surface area (Å²) in [6, 6.07) is 4.08. The topological polar surface area (TPSA) is 85.2 Å². The molecule has 0 aliphatic carbocycles. The molecule has 6 heteroatoms. The van der Waals surface area contributed by atoms with Gasteiger partial charge in [0.1, 0.15) is 5.82 Å². The zero-order chi connectivity index (χ0) is 14.3. The molecule has 0 aromatic carbocycles. The summed E-state index contributed by atoms with van der Waals surface area (Å²) in [5.41, 5.74) is 13.1. The number of nitrogens with zero attached hydrogens (tertiary/aromatic N) is 2. The number of nitrogen functional groups attached to an aromatic ring is 1. The number of primary amides is 1. The van der Waals surface area contributed by atoms with Crippen LogP contribution < -0.4 is 16.4 Å². The lowest BCUT2D eigenvalue weighted by molar-refractivity contribution is 0.100. The van der Waals surface area contributed by atoms with Crippen molar-refractivity contribution in [3.63, 3.8) is 0 Å². The molecule has 2 aromatic rings. The third kappa shape index (κ3) is 2.02. The Balaban J connectivity index is 1.98. The number of hydrogen-bond donors (Lipinski definition) is 2. The lowest BCUT2D eigenvalue weighted by atomic mass is 10.0. The molecule has 1 aliphatic rings. The maximum Gasteiger partial charge on any atom is 0.250 e. The third-order valence-electron chi connectivity index (χ3n) is 3.76. The maximum absolute atomic E-state index is 11.4. The molecule has 2 aromatic heterocycles. The van der Waals surface area contributed by atoms with E-state index in [9.17, 15) is 4.79 Å². The predicted molar refractivity (Wildman–Crippen MR) is 81.0 cm³/mol. The van der Waals surface area contributed by atoms with Crippen molar-refractivity contribution in [1.82, 2.24) is 4.98 Å². The summed E-state index contributed by atoms with van der Waals surface area (Å²) in [5, 5.41) is 2.12. The number of thiophene rings is 1. The Hall–Kier alpha value is -2.08. The number of pyridine rings is 1. The lowest BCUT2D eigenvalue weighted by Crippen LogP contribution is -2.34. The summed E-state index contributed by atoms with van der Waals surface area (Å²) in [6.07, 6.45) is 2.50. The number of carbonyl (C=O) groups excluding carboxylic acids is 1. The molecule has 20 heavy (non-hydrogen) atoms. The lowest BCUT2D eigenvalue weighted by Gasteiger charge is -2.34. The van der Waals surface area contributed by atoms with Crippen molar-refractivity contribution in [1.29, 1.82) is 0 Å². The fourth-order valence-electron chi connectivity index (χ4n) is 2.65. The molecule has 3 heterocycles. The van der Waals surface area contributed by atoms with Crippen LogP contribution in [0.5, 0.6) is 0 Å². The fourth-order valence-corrected chi connectivity index (χ4v) is 3.61. The monoisotopic (exact) mass is 288 g/mol. The second-order valence-electron chi connectivity index (χ2n) is 4.91. The minimum atomic E-state index is -0.521. The summed E-state index contributed by atoms with van der Waals surface area (Å²) in [6.45, 7) is 3.02. The number of amides is 1. The molecule has 1 unspecified atom stereocenters. The molecule has 3 rings (SSSR count). The van der Waals surface area contributed by atoms with E-state index in [2.05, 4.69) is 28.3 Å². The Kier molecular flexibility index (Phi) is 3.10. The van der Waals surface area contributed by atoms with E-state index in [0.29, 0.717) is 11.3 Å². The van der Waals surface area contributed by atoms with Crippen LogP contribution in [0, 0.1) is 0 Å². The minimum Gasteiger partial charge on any atom is -0.397 e. The SMILES string of the molecule is CC1c2ccsc2CCN1c1cc(C(N)=O)c(N)cn1. The van der Waals surface area contributed by atoms with Gasteiger partial charge in [-0.05, 0) is 36.4 Å². The number of fused-ring (bicyclic) bond motifs is 1. The fraction of sp³-hybridized carbons (Fsp3) is 0.286. The van der Waals surface area contributed by atoms with Gasteiger partial charge < -0.3 is 16.4 Å². The molecule has 1 aliphatic heterocycles. The van der Waals surface area contributed by atoms with Crippen LogP contribution in [0.2, 0.25) is 0 Å². The minimum absolute atomic E-state index is 0.238. The van der Waals surface area contributed by atoms with Gasteiger partial charge in [0, 0.05) is 11.4 Å². The Morgan fingerprint density at radius 3 is 3.10 bits per heavy atom. The summed E-state index contributed by atoms with van der Waals surface area (Å²) in [5.74, 6) is 0.226. The first kappa shape index (κ1) is 12.9. The Labute approximate surface area is 121 Å².